The Kier molecular flexibility index (Phi) is 4.74. The third-order valence-corrected chi connectivity index (χ3v) is 2.58. The Bertz CT molecular complexity index is 298. The lowest BCUT2D eigenvalue weighted by atomic mass is 10.1. The van der Waals surface area contributed by atoms with Gasteiger partial charge in [0.2, 0.25) is 0 Å². The number of hydrogen-bond donors (Lipinski definition) is 2. The smallest absolute Gasteiger partial charge is 0.0587 e. The molecule has 1 aromatic rings. The molecular formula is C10H20N4O. The minimum Gasteiger partial charge on any atom is -0.383 e. The Balaban J connectivity index is 2.61. The molecule has 0 aliphatic carbocycles. The number of aromatic nitrogens is 2. The van der Waals surface area contributed by atoms with Crippen LogP contribution in [0.5, 0.6) is 0 Å². The fraction of sp³-hybridized carbons (Fsp3) is 0.700. The monoisotopic (exact) mass is 212 g/mol. The van der Waals surface area contributed by atoms with Crippen molar-refractivity contribution in [3.05, 3.63) is 17.5 Å². The highest BCUT2D eigenvalue weighted by molar-refractivity contribution is 5.20. The maximum Gasteiger partial charge on any atom is 0.0587 e. The Morgan fingerprint density at radius 3 is 2.87 bits per heavy atom. The second kappa shape index (κ2) is 5.85. The molecule has 86 valence electrons. The van der Waals surface area contributed by atoms with Gasteiger partial charge >= 0.3 is 0 Å². The Labute approximate surface area is 90.6 Å². The third kappa shape index (κ3) is 3.02. The van der Waals surface area contributed by atoms with Gasteiger partial charge in [0.15, 0.2) is 0 Å². The van der Waals surface area contributed by atoms with Crippen molar-refractivity contribution in [2.75, 3.05) is 26.8 Å². The molecule has 5 heteroatoms. The molecule has 1 rings (SSSR count). The van der Waals surface area contributed by atoms with Crippen LogP contribution in [0.15, 0.2) is 6.20 Å². The van der Waals surface area contributed by atoms with Gasteiger partial charge in [-0.25, -0.2) is 0 Å². The van der Waals surface area contributed by atoms with Gasteiger partial charge in [0.25, 0.3) is 0 Å². The lowest BCUT2D eigenvalue weighted by Gasteiger charge is -2.16. The van der Waals surface area contributed by atoms with Crippen LogP contribution in [0, 0.1) is 6.92 Å². The summed E-state index contributed by atoms with van der Waals surface area (Å²) in [5.74, 6) is 0. The highest BCUT2D eigenvalue weighted by atomic mass is 16.5. The van der Waals surface area contributed by atoms with Crippen LogP contribution in [0.1, 0.15) is 17.3 Å². The van der Waals surface area contributed by atoms with Gasteiger partial charge in [0.1, 0.15) is 0 Å². The van der Waals surface area contributed by atoms with Crippen LogP contribution in [0.25, 0.3) is 0 Å². The molecule has 0 aromatic carbocycles. The fourth-order valence-electron chi connectivity index (χ4n) is 1.51. The van der Waals surface area contributed by atoms with E-state index in [2.05, 4.69) is 10.4 Å². The van der Waals surface area contributed by atoms with Gasteiger partial charge in [-0.1, -0.05) is 0 Å². The molecule has 0 radical (unpaired) electrons. The summed E-state index contributed by atoms with van der Waals surface area (Å²) < 4.78 is 6.84. The number of rotatable bonds is 6. The highest BCUT2D eigenvalue weighted by Crippen LogP contribution is 2.15. The lowest BCUT2D eigenvalue weighted by Crippen LogP contribution is -2.31. The lowest BCUT2D eigenvalue weighted by molar-refractivity contribution is 0.196. The predicted molar refractivity (Wildman–Crippen MR) is 59.6 cm³/mol. The first-order chi connectivity index (χ1) is 7.20. The number of nitrogens with two attached hydrogens (primary N) is 1. The van der Waals surface area contributed by atoms with Crippen LogP contribution in [0.3, 0.4) is 0 Å². The van der Waals surface area contributed by atoms with Crippen molar-refractivity contribution in [2.45, 2.75) is 13.0 Å². The molecule has 0 aliphatic rings. The summed E-state index contributed by atoms with van der Waals surface area (Å²) in [6.45, 7) is 4.10. The summed E-state index contributed by atoms with van der Waals surface area (Å²) in [7, 11) is 3.62. The first-order valence-electron chi connectivity index (χ1n) is 5.11. The molecule has 1 aromatic heterocycles. The van der Waals surface area contributed by atoms with Gasteiger partial charge in [0.05, 0.1) is 12.8 Å². The van der Waals surface area contributed by atoms with Crippen LogP contribution in [-0.2, 0) is 11.8 Å². The minimum atomic E-state index is 0.161. The number of ether oxygens (including phenoxy) is 1. The van der Waals surface area contributed by atoms with E-state index in [0.717, 1.165) is 17.8 Å². The van der Waals surface area contributed by atoms with Crippen LogP contribution in [0.4, 0.5) is 0 Å². The Hall–Kier alpha value is -0.910. The van der Waals surface area contributed by atoms with Crippen molar-refractivity contribution in [3.8, 4) is 0 Å². The summed E-state index contributed by atoms with van der Waals surface area (Å²) in [5.41, 5.74) is 8.04. The molecule has 5 nitrogen and oxygen atoms in total. The number of aryl methyl sites for hydroxylation is 1. The topological polar surface area (TPSA) is 65.1 Å². The van der Waals surface area contributed by atoms with E-state index < -0.39 is 0 Å². The van der Waals surface area contributed by atoms with Gasteiger partial charge in [0, 0.05) is 44.5 Å². The second-order valence-corrected chi connectivity index (χ2v) is 3.54. The highest BCUT2D eigenvalue weighted by Gasteiger charge is 2.14. The largest absolute Gasteiger partial charge is 0.383 e. The normalized spacial score (nSPS) is 13.1. The number of hydrogen-bond acceptors (Lipinski definition) is 4. The van der Waals surface area contributed by atoms with Crippen molar-refractivity contribution in [2.24, 2.45) is 12.8 Å². The first-order valence-corrected chi connectivity index (χ1v) is 5.11. The maximum absolute atomic E-state index is 5.72. The molecule has 0 bridgehead atoms. The van der Waals surface area contributed by atoms with Crippen molar-refractivity contribution in [3.63, 3.8) is 0 Å². The number of nitrogens with zero attached hydrogens (tertiary/aromatic N) is 2. The maximum atomic E-state index is 5.72. The third-order valence-electron chi connectivity index (χ3n) is 2.58. The zero-order valence-electron chi connectivity index (χ0n) is 9.66. The number of methoxy groups -OCH3 is 1. The van der Waals surface area contributed by atoms with Crippen LogP contribution in [-0.4, -0.2) is 36.6 Å². The quantitative estimate of drug-likeness (QED) is 0.650. The molecule has 0 saturated heterocycles. The molecule has 1 atom stereocenters. The second-order valence-electron chi connectivity index (χ2n) is 3.54. The van der Waals surface area contributed by atoms with Gasteiger partial charge in [-0.3, -0.25) is 4.68 Å². The molecule has 0 fully saturated rings. The Morgan fingerprint density at radius 1 is 1.67 bits per heavy atom. The Morgan fingerprint density at radius 2 is 2.40 bits per heavy atom. The fourth-order valence-corrected chi connectivity index (χ4v) is 1.51. The van der Waals surface area contributed by atoms with Gasteiger partial charge in [-0.2, -0.15) is 5.10 Å². The van der Waals surface area contributed by atoms with E-state index >= 15 is 0 Å². The molecule has 0 amide bonds. The molecular weight excluding hydrogens is 192 g/mol. The molecule has 3 N–H and O–H groups in total. The minimum absolute atomic E-state index is 0.161. The van der Waals surface area contributed by atoms with Crippen LogP contribution >= 0.6 is 0 Å². The summed E-state index contributed by atoms with van der Waals surface area (Å²) in [5, 5.41) is 7.54. The van der Waals surface area contributed by atoms with Gasteiger partial charge < -0.3 is 15.8 Å². The molecule has 15 heavy (non-hydrogen) atoms. The summed E-state index contributed by atoms with van der Waals surface area (Å²) in [6.07, 6.45) is 1.87. The summed E-state index contributed by atoms with van der Waals surface area (Å²) in [4.78, 5) is 0. The van der Waals surface area contributed by atoms with Gasteiger partial charge in [-0.05, 0) is 6.92 Å². The van der Waals surface area contributed by atoms with Crippen LogP contribution < -0.4 is 11.1 Å². The van der Waals surface area contributed by atoms with E-state index in [1.165, 1.54) is 0 Å². The van der Waals surface area contributed by atoms with E-state index in [9.17, 15) is 0 Å². The molecule has 1 heterocycles. The van der Waals surface area contributed by atoms with E-state index in [-0.39, 0.29) is 6.04 Å². The van der Waals surface area contributed by atoms with E-state index in [1.54, 1.807) is 7.11 Å². The van der Waals surface area contributed by atoms with Crippen LogP contribution in [0.2, 0.25) is 0 Å². The molecule has 0 spiro atoms. The number of nitrogens with one attached hydrogen (secondary N) is 1. The SMILES string of the molecule is COCCNC(CN)c1cnn(C)c1C. The predicted octanol–water partition coefficient (Wildman–Crippen LogP) is -0.0357. The zero-order valence-corrected chi connectivity index (χ0v) is 9.66. The van der Waals surface area contributed by atoms with Gasteiger partial charge in [-0.15, -0.1) is 0 Å². The van der Waals surface area contributed by atoms with Crippen molar-refractivity contribution in [1.29, 1.82) is 0 Å². The van der Waals surface area contributed by atoms with E-state index in [1.807, 2.05) is 24.9 Å². The average Bonchev–Trinajstić information content (AvgIpc) is 2.56. The first kappa shape index (κ1) is 12.2. The summed E-state index contributed by atoms with van der Waals surface area (Å²) in [6, 6.07) is 0.161. The molecule has 0 saturated carbocycles. The standard InChI is InChI=1S/C10H20N4O/c1-8-9(7-13-14(8)2)10(6-11)12-4-5-15-3/h7,10,12H,4-6,11H2,1-3H3. The van der Waals surface area contributed by atoms with Crippen molar-refractivity contribution >= 4 is 0 Å². The van der Waals surface area contributed by atoms with Crippen molar-refractivity contribution < 1.29 is 4.74 Å². The van der Waals surface area contributed by atoms with E-state index in [4.69, 9.17) is 10.5 Å². The van der Waals surface area contributed by atoms with E-state index in [0.29, 0.717) is 13.2 Å². The average molecular weight is 212 g/mol. The van der Waals surface area contributed by atoms with Crippen molar-refractivity contribution in [1.82, 2.24) is 15.1 Å². The molecule has 0 aliphatic heterocycles. The summed E-state index contributed by atoms with van der Waals surface area (Å²) >= 11 is 0. The molecule has 1 unspecified atom stereocenters. The zero-order chi connectivity index (χ0) is 11.3.